The Morgan fingerprint density at radius 2 is 2.22 bits per heavy atom. The molecule has 1 aromatic heterocycles. The van der Waals surface area contributed by atoms with Crippen molar-refractivity contribution in [2.24, 2.45) is 7.05 Å². The standard InChI is InChI=1S/C18H23N3O2/c1-11(2)17-16(10-21(3)20-17)19-18(22)14-8-6-12-5-7-13(23-4)9-15(12)14/h5,7,9-11,14H,6,8H2,1-4H3,(H,19,22). The molecular formula is C18H23N3O2. The van der Waals surface area contributed by atoms with E-state index in [2.05, 4.69) is 30.3 Å². The van der Waals surface area contributed by atoms with Gasteiger partial charge in [-0.05, 0) is 42.0 Å². The Balaban J connectivity index is 1.84. The highest BCUT2D eigenvalue weighted by Gasteiger charge is 2.30. The summed E-state index contributed by atoms with van der Waals surface area (Å²) in [6, 6.07) is 6.00. The topological polar surface area (TPSA) is 56.1 Å². The van der Waals surface area contributed by atoms with Crippen LogP contribution in [-0.4, -0.2) is 22.8 Å². The lowest BCUT2D eigenvalue weighted by molar-refractivity contribution is -0.117. The molecule has 23 heavy (non-hydrogen) atoms. The van der Waals surface area contributed by atoms with Crippen molar-refractivity contribution in [1.29, 1.82) is 0 Å². The van der Waals surface area contributed by atoms with E-state index in [0.717, 1.165) is 35.5 Å². The first-order valence-electron chi connectivity index (χ1n) is 8.00. The summed E-state index contributed by atoms with van der Waals surface area (Å²) in [6.07, 6.45) is 3.64. The van der Waals surface area contributed by atoms with Gasteiger partial charge in [0, 0.05) is 13.2 Å². The highest BCUT2D eigenvalue weighted by molar-refractivity contribution is 5.97. The third-order valence-corrected chi connectivity index (χ3v) is 4.41. The number of aryl methyl sites for hydroxylation is 2. The number of anilines is 1. The third-order valence-electron chi connectivity index (χ3n) is 4.41. The minimum Gasteiger partial charge on any atom is -0.497 e. The molecule has 1 aliphatic carbocycles. The number of rotatable bonds is 4. The van der Waals surface area contributed by atoms with Gasteiger partial charge in [0.05, 0.1) is 24.4 Å². The predicted molar refractivity (Wildman–Crippen MR) is 90.0 cm³/mol. The van der Waals surface area contributed by atoms with Gasteiger partial charge >= 0.3 is 0 Å². The first-order chi connectivity index (χ1) is 11.0. The molecule has 3 rings (SSSR count). The molecule has 1 N–H and O–H groups in total. The molecule has 0 spiro atoms. The zero-order valence-corrected chi connectivity index (χ0v) is 14.1. The highest BCUT2D eigenvalue weighted by Crippen LogP contribution is 2.36. The normalized spacial score (nSPS) is 16.5. The fourth-order valence-electron chi connectivity index (χ4n) is 3.23. The molecule has 5 heteroatoms. The van der Waals surface area contributed by atoms with Gasteiger partial charge in [0.1, 0.15) is 5.75 Å². The van der Waals surface area contributed by atoms with Crippen LogP contribution < -0.4 is 10.1 Å². The first kappa shape index (κ1) is 15.6. The largest absolute Gasteiger partial charge is 0.497 e. The van der Waals surface area contributed by atoms with Gasteiger partial charge in [0.25, 0.3) is 0 Å². The number of amides is 1. The molecule has 0 saturated carbocycles. The van der Waals surface area contributed by atoms with Gasteiger partial charge < -0.3 is 10.1 Å². The summed E-state index contributed by atoms with van der Waals surface area (Å²) >= 11 is 0. The quantitative estimate of drug-likeness (QED) is 0.943. The molecule has 0 aliphatic heterocycles. The van der Waals surface area contributed by atoms with E-state index in [1.54, 1.807) is 11.8 Å². The van der Waals surface area contributed by atoms with Crippen LogP contribution in [0.15, 0.2) is 24.4 Å². The van der Waals surface area contributed by atoms with E-state index >= 15 is 0 Å². The van der Waals surface area contributed by atoms with Gasteiger partial charge in [-0.3, -0.25) is 9.48 Å². The maximum atomic E-state index is 12.8. The molecule has 1 unspecified atom stereocenters. The average molecular weight is 313 g/mol. The number of fused-ring (bicyclic) bond motifs is 1. The van der Waals surface area contributed by atoms with E-state index in [-0.39, 0.29) is 17.7 Å². The van der Waals surface area contributed by atoms with Crippen LogP contribution in [0.25, 0.3) is 0 Å². The van der Waals surface area contributed by atoms with Crippen molar-refractivity contribution in [2.45, 2.75) is 38.5 Å². The van der Waals surface area contributed by atoms with Gasteiger partial charge in [-0.2, -0.15) is 5.10 Å². The highest BCUT2D eigenvalue weighted by atomic mass is 16.5. The fraction of sp³-hybridized carbons (Fsp3) is 0.444. The molecule has 2 aromatic rings. The number of hydrogen-bond acceptors (Lipinski definition) is 3. The molecule has 0 saturated heterocycles. The van der Waals surface area contributed by atoms with Crippen LogP contribution in [0.1, 0.15) is 48.9 Å². The zero-order chi connectivity index (χ0) is 16.6. The lowest BCUT2D eigenvalue weighted by Crippen LogP contribution is -2.20. The Labute approximate surface area is 136 Å². The van der Waals surface area contributed by atoms with Crippen LogP contribution in [0.4, 0.5) is 5.69 Å². The van der Waals surface area contributed by atoms with Gasteiger partial charge in [-0.25, -0.2) is 0 Å². The monoisotopic (exact) mass is 313 g/mol. The molecule has 0 radical (unpaired) electrons. The van der Waals surface area contributed by atoms with E-state index in [1.165, 1.54) is 5.56 Å². The number of nitrogens with one attached hydrogen (secondary N) is 1. The number of benzene rings is 1. The van der Waals surface area contributed by atoms with Crippen LogP contribution in [0.2, 0.25) is 0 Å². The van der Waals surface area contributed by atoms with Crippen LogP contribution >= 0.6 is 0 Å². The Kier molecular flexibility index (Phi) is 4.11. The van der Waals surface area contributed by atoms with Crippen molar-refractivity contribution < 1.29 is 9.53 Å². The maximum Gasteiger partial charge on any atom is 0.232 e. The molecule has 1 aromatic carbocycles. The second kappa shape index (κ2) is 6.07. The van der Waals surface area contributed by atoms with Crippen molar-refractivity contribution in [3.8, 4) is 5.75 Å². The summed E-state index contributed by atoms with van der Waals surface area (Å²) in [6.45, 7) is 4.15. The minimum atomic E-state index is -0.125. The van der Waals surface area contributed by atoms with Crippen LogP contribution in [0.5, 0.6) is 5.75 Å². The second-order valence-electron chi connectivity index (χ2n) is 6.40. The number of carbonyl (C=O) groups is 1. The van der Waals surface area contributed by atoms with E-state index < -0.39 is 0 Å². The van der Waals surface area contributed by atoms with Crippen LogP contribution in [0.3, 0.4) is 0 Å². The molecule has 1 atom stereocenters. The minimum absolute atomic E-state index is 0.0342. The van der Waals surface area contributed by atoms with Gasteiger partial charge in [0.15, 0.2) is 0 Å². The number of carbonyl (C=O) groups excluding carboxylic acids is 1. The smallest absolute Gasteiger partial charge is 0.232 e. The lowest BCUT2D eigenvalue weighted by atomic mass is 10.00. The van der Waals surface area contributed by atoms with E-state index in [4.69, 9.17) is 4.74 Å². The molecule has 1 heterocycles. The number of methoxy groups -OCH3 is 1. The Bertz CT molecular complexity index is 734. The summed E-state index contributed by atoms with van der Waals surface area (Å²) in [7, 11) is 3.52. The number of hydrogen-bond donors (Lipinski definition) is 1. The van der Waals surface area contributed by atoms with E-state index in [9.17, 15) is 4.79 Å². The zero-order valence-electron chi connectivity index (χ0n) is 14.1. The van der Waals surface area contributed by atoms with Crippen molar-refractivity contribution in [3.63, 3.8) is 0 Å². The summed E-state index contributed by atoms with van der Waals surface area (Å²) in [5.74, 6) is 0.974. The SMILES string of the molecule is COc1ccc2c(c1)C(C(=O)Nc1cn(C)nc1C(C)C)CC2. The number of ether oxygens (including phenoxy) is 1. The number of aromatic nitrogens is 2. The predicted octanol–water partition coefficient (Wildman–Crippen LogP) is 3.22. The average Bonchev–Trinajstić information content (AvgIpc) is 3.09. The van der Waals surface area contributed by atoms with E-state index in [1.807, 2.05) is 25.4 Å². The fourth-order valence-corrected chi connectivity index (χ4v) is 3.23. The second-order valence-corrected chi connectivity index (χ2v) is 6.40. The summed E-state index contributed by atoms with van der Waals surface area (Å²) in [5.41, 5.74) is 4.05. The molecule has 1 aliphatic rings. The molecule has 0 bridgehead atoms. The Hall–Kier alpha value is -2.30. The molecule has 0 fully saturated rings. The molecule has 122 valence electrons. The maximum absolute atomic E-state index is 12.8. The molecular weight excluding hydrogens is 290 g/mol. The summed E-state index contributed by atoms with van der Waals surface area (Å²) in [5, 5.41) is 7.51. The van der Waals surface area contributed by atoms with Crippen LogP contribution in [0, 0.1) is 0 Å². The van der Waals surface area contributed by atoms with Crippen molar-refractivity contribution >= 4 is 11.6 Å². The van der Waals surface area contributed by atoms with Crippen molar-refractivity contribution in [3.05, 3.63) is 41.2 Å². The van der Waals surface area contributed by atoms with Crippen LogP contribution in [-0.2, 0) is 18.3 Å². The van der Waals surface area contributed by atoms with Crippen molar-refractivity contribution in [2.75, 3.05) is 12.4 Å². The first-order valence-corrected chi connectivity index (χ1v) is 8.00. The third kappa shape index (κ3) is 2.96. The molecule has 1 amide bonds. The molecule has 5 nitrogen and oxygen atoms in total. The summed E-state index contributed by atoms with van der Waals surface area (Å²) < 4.78 is 7.04. The lowest BCUT2D eigenvalue weighted by Gasteiger charge is -2.14. The number of nitrogens with zero attached hydrogens (tertiary/aromatic N) is 2. The van der Waals surface area contributed by atoms with Gasteiger partial charge in [-0.1, -0.05) is 19.9 Å². The summed E-state index contributed by atoms with van der Waals surface area (Å²) in [4.78, 5) is 12.8. The Morgan fingerprint density at radius 1 is 1.43 bits per heavy atom. The van der Waals surface area contributed by atoms with Crippen molar-refractivity contribution in [1.82, 2.24) is 9.78 Å². The van der Waals surface area contributed by atoms with E-state index in [0.29, 0.717) is 0 Å². The van der Waals surface area contributed by atoms with Gasteiger partial charge in [0.2, 0.25) is 5.91 Å². The van der Waals surface area contributed by atoms with Gasteiger partial charge in [-0.15, -0.1) is 0 Å². The Morgan fingerprint density at radius 3 is 2.91 bits per heavy atom.